The van der Waals surface area contributed by atoms with Crippen molar-refractivity contribution in [1.82, 2.24) is 5.32 Å². The Hall–Kier alpha value is -0.570. The van der Waals surface area contributed by atoms with Gasteiger partial charge in [0, 0.05) is 0 Å². The van der Waals surface area contributed by atoms with Crippen LogP contribution in [0.1, 0.15) is 33.1 Å². The average molecular weight is 185 g/mol. The summed E-state index contributed by atoms with van der Waals surface area (Å²) in [5.74, 6) is 0.131. The average Bonchev–Trinajstić information content (AvgIpc) is 2.19. The molecule has 0 bridgehead atoms. The van der Waals surface area contributed by atoms with Crippen molar-refractivity contribution in [1.29, 1.82) is 0 Å². The van der Waals surface area contributed by atoms with Gasteiger partial charge in [-0.3, -0.25) is 4.79 Å². The summed E-state index contributed by atoms with van der Waals surface area (Å²) in [7, 11) is 0. The third-order valence-electron chi connectivity index (χ3n) is 2.56. The highest BCUT2D eigenvalue weighted by Crippen LogP contribution is 2.14. The molecule has 0 aromatic carbocycles. The van der Waals surface area contributed by atoms with Gasteiger partial charge in [-0.05, 0) is 39.3 Å². The summed E-state index contributed by atoms with van der Waals surface area (Å²) >= 11 is 0. The van der Waals surface area contributed by atoms with Gasteiger partial charge in [0.2, 0.25) is 0 Å². The summed E-state index contributed by atoms with van der Waals surface area (Å²) in [6.07, 6.45) is 2.82. The van der Waals surface area contributed by atoms with Crippen LogP contribution in [0.4, 0.5) is 0 Å². The maximum Gasteiger partial charge on any atom is 0.309 e. The van der Waals surface area contributed by atoms with Crippen molar-refractivity contribution in [3.05, 3.63) is 0 Å². The lowest BCUT2D eigenvalue weighted by molar-refractivity contribution is -0.154. The molecule has 1 aliphatic rings. The molecule has 0 aromatic heterocycles. The van der Waals surface area contributed by atoms with E-state index in [-0.39, 0.29) is 18.0 Å². The molecule has 1 saturated heterocycles. The van der Waals surface area contributed by atoms with E-state index >= 15 is 0 Å². The summed E-state index contributed by atoms with van der Waals surface area (Å²) in [5, 5.41) is 3.23. The number of hydrogen-bond donors (Lipinski definition) is 1. The van der Waals surface area contributed by atoms with Crippen molar-refractivity contribution in [3.8, 4) is 0 Å². The zero-order valence-electron chi connectivity index (χ0n) is 8.51. The first-order valence-electron chi connectivity index (χ1n) is 5.15. The highest BCUT2D eigenvalue weighted by molar-refractivity contribution is 5.72. The van der Waals surface area contributed by atoms with E-state index in [1.165, 1.54) is 0 Å². The highest BCUT2D eigenvalue weighted by atomic mass is 16.5. The van der Waals surface area contributed by atoms with E-state index in [0.29, 0.717) is 0 Å². The Balaban J connectivity index is 2.29. The molecule has 1 heterocycles. The van der Waals surface area contributed by atoms with Gasteiger partial charge >= 0.3 is 5.97 Å². The molecule has 1 unspecified atom stereocenters. The topological polar surface area (TPSA) is 38.3 Å². The first-order valence-corrected chi connectivity index (χ1v) is 5.15. The minimum Gasteiger partial charge on any atom is -0.462 e. The van der Waals surface area contributed by atoms with E-state index in [4.69, 9.17) is 4.74 Å². The second-order valence-electron chi connectivity index (χ2n) is 3.68. The van der Waals surface area contributed by atoms with Crippen LogP contribution in [0, 0.1) is 5.92 Å². The molecule has 1 fully saturated rings. The van der Waals surface area contributed by atoms with E-state index < -0.39 is 0 Å². The van der Waals surface area contributed by atoms with Gasteiger partial charge in [-0.2, -0.15) is 0 Å². The number of carbonyl (C=O) groups is 1. The number of hydrogen-bond acceptors (Lipinski definition) is 3. The molecule has 1 atom stereocenters. The molecule has 1 aliphatic heterocycles. The van der Waals surface area contributed by atoms with Crippen LogP contribution in [0.2, 0.25) is 0 Å². The van der Waals surface area contributed by atoms with Crippen LogP contribution >= 0.6 is 0 Å². The molecule has 0 aliphatic carbocycles. The lowest BCUT2D eigenvalue weighted by atomic mass is 9.98. The van der Waals surface area contributed by atoms with Gasteiger partial charge in [-0.15, -0.1) is 0 Å². The number of carbonyl (C=O) groups excluding carboxylic acids is 1. The van der Waals surface area contributed by atoms with Crippen molar-refractivity contribution in [2.75, 3.05) is 13.1 Å². The Morgan fingerprint density at radius 2 is 2.15 bits per heavy atom. The lowest BCUT2D eigenvalue weighted by Gasteiger charge is -2.22. The third-order valence-corrected chi connectivity index (χ3v) is 2.56. The molecule has 3 nitrogen and oxygen atoms in total. The van der Waals surface area contributed by atoms with Crippen molar-refractivity contribution in [2.45, 2.75) is 39.2 Å². The molecule has 0 amide bonds. The van der Waals surface area contributed by atoms with Gasteiger partial charge < -0.3 is 10.1 Å². The second-order valence-corrected chi connectivity index (χ2v) is 3.68. The van der Waals surface area contributed by atoms with Crippen LogP contribution in [0.3, 0.4) is 0 Å². The van der Waals surface area contributed by atoms with E-state index in [9.17, 15) is 4.79 Å². The third kappa shape index (κ3) is 3.35. The van der Waals surface area contributed by atoms with E-state index in [1.54, 1.807) is 0 Å². The SMILES string of the molecule is CCC(C)OC(=O)C1CCNCC1. The Morgan fingerprint density at radius 1 is 1.54 bits per heavy atom. The van der Waals surface area contributed by atoms with E-state index in [2.05, 4.69) is 5.32 Å². The predicted octanol–water partition coefficient (Wildman–Crippen LogP) is 1.33. The van der Waals surface area contributed by atoms with Gasteiger partial charge in [0.25, 0.3) is 0 Å². The molecule has 13 heavy (non-hydrogen) atoms. The Kier molecular flexibility index (Phi) is 4.22. The maximum atomic E-state index is 11.5. The quantitative estimate of drug-likeness (QED) is 0.674. The molecule has 1 N–H and O–H groups in total. The first kappa shape index (κ1) is 10.5. The largest absolute Gasteiger partial charge is 0.462 e. The predicted molar refractivity (Wildman–Crippen MR) is 51.4 cm³/mol. The molecular formula is C10H19NO2. The minimum absolute atomic E-state index is 0.00384. The van der Waals surface area contributed by atoms with Gasteiger partial charge in [-0.25, -0.2) is 0 Å². The number of piperidine rings is 1. The van der Waals surface area contributed by atoms with Crippen LogP contribution in [0.5, 0.6) is 0 Å². The van der Waals surface area contributed by atoms with Crippen LogP contribution < -0.4 is 5.32 Å². The number of rotatable bonds is 3. The number of esters is 1. The zero-order valence-corrected chi connectivity index (χ0v) is 8.51. The first-order chi connectivity index (χ1) is 6.24. The Bertz CT molecular complexity index is 164. The fourth-order valence-corrected chi connectivity index (χ4v) is 1.44. The van der Waals surface area contributed by atoms with Gasteiger partial charge in [-0.1, -0.05) is 6.92 Å². The number of ether oxygens (including phenoxy) is 1. The van der Waals surface area contributed by atoms with Crippen LogP contribution in [-0.4, -0.2) is 25.2 Å². The van der Waals surface area contributed by atoms with Crippen LogP contribution in [-0.2, 0) is 9.53 Å². The summed E-state index contributed by atoms with van der Waals surface area (Å²) < 4.78 is 5.27. The normalized spacial score (nSPS) is 21.1. The molecular weight excluding hydrogens is 166 g/mol. The zero-order chi connectivity index (χ0) is 9.68. The summed E-state index contributed by atoms with van der Waals surface area (Å²) in [4.78, 5) is 11.5. The van der Waals surface area contributed by atoms with Crippen molar-refractivity contribution < 1.29 is 9.53 Å². The van der Waals surface area contributed by atoms with Crippen molar-refractivity contribution in [3.63, 3.8) is 0 Å². The fraction of sp³-hybridized carbons (Fsp3) is 0.900. The van der Waals surface area contributed by atoms with Gasteiger partial charge in [0.1, 0.15) is 0 Å². The monoisotopic (exact) mass is 185 g/mol. The van der Waals surface area contributed by atoms with Crippen LogP contribution in [0.15, 0.2) is 0 Å². The second kappa shape index (κ2) is 5.22. The summed E-state index contributed by atoms with van der Waals surface area (Å²) in [5.41, 5.74) is 0. The standard InChI is InChI=1S/C10H19NO2/c1-3-8(2)13-10(12)9-4-6-11-7-5-9/h8-9,11H,3-7H2,1-2H3. The highest BCUT2D eigenvalue weighted by Gasteiger charge is 2.23. The molecule has 0 aromatic rings. The summed E-state index contributed by atoms with van der Waals surface area (Å²) in [6.45, 7) is 5.86. The maximum absolute atomic E-state index is 11.5. The Morgan fingerprint density at radius 3 is 2.69 bits per heavy atom. The van der Waals surface area contributed by atoms with Crippen molar-refractivity contribution in [2.24, 2.45) is 5.92 Å². The van der Waals surface area contributed by atoms with E-state index in [1.807, 2.05) is 13.8 Å². The van der Waals surface area contributed by atoms with E-state index in [0.717, 1.165) is 32.4 Å². The molecule has 0 spiro atoms. The fourth-order valence-electron chi connectivity index (χ4n) is 1.44. The molecule has 0 radical (unpaired) electrons. The minimum atomic E-state index is -0.00384. The smallest absolute Gasteiger partial charge is 0.309 e. The molecule has 1 rings (SSSR count). The number of nitrogens with one attached hydrogen (secondary N) is 1. The Labute approximate surface area is 79.8 Å². The van der Waals surface area contributed by atoms with Crippen molar-refractivity contribution >= 4 is 5.97 Å². The van der Waals surface area contributed by atoms with Gasteiger partial charge in [0.15, 0.2) is 0 Å². The van der Waals surface area contributed by atoms with Gasteiger partial charge in [0.05, 0.1) is 12.0 Å². The molecule has 0 saturated carbocycles. The lowest BCUT2D eigenvalue weighted by Crippen LogP contribution is -2.33. The van der Waals surface area contributed by atoms with Crippen LogP contribution in [0.25, 0.3) is 0 Å². The summed E-state index contributed by atoms with van der Waals surface area (Å²) in [6, 6.07) is 0. The molecule has 76 valence electrons. The molecule has 3 heteroatoms.